The zero-order valence-electron chi connectivity index (χ0n) is 15.8. The fraction of sp³-hybridized carbons (Fsp3) is 0.190. The number of hydrogen-bond donors (Lipinski definition) is 3. The highest BCUT2D eigenvalue weighted by Crippen LogP contribution is 2.24. The van der Waals surface area contributed by atoms with E-state index in [1.54, 1.807) is 24.3 Å². The van der Waals surface area contributed by atoms with E-state index in [1.165, 1.54) is 18.2 Å². The van der Waals surface area contributed by atoms with Crippen LogP contribution >= 0.6 is 12.4 Å². The third-order valence-electron chi connectivity index (χ3n) is 4.69. The lowest BCUT2D eigenvalue weighted by atomic mass is 10.1. The molecule has 0 saturated carbocycles. The van der Waals surface area contributed by atoms with Gasteiger partial charge in [-0.1, -0.05) is 18.2 Å². The van der Waals surface area contributed by atoms with E-state index in [0.29, 0.717) is 12.3 Å². The number of aromatic amines is 1. The molecule has 0 bridgehead atoms. The van der Waals surface area contributed by atoms with Gasteiger partial charge in [-0.3, -0.25) is 9.89 Å². The van der Waals surface area contributed by atoms with Gasteiger partial charge in [-0.05, 0) is 35.9 Å². The van der Waals surface area contributed by atoms with E-state index in [1.807, 2.05) is 12.1 Å². The first kappa shape index (κ1) is 21.5. The van der Waals surface area contributed by atoms with Crippen LogP contribution in [0.15, 0.2) is 48.5 Å². The molecule has 4 rings (SSSR count). The first-order valence-corrected chi connectivity index (χ1v) is 9.14. The van der Waals surface area contributed by atoms with Crippen LogP contribution in [0.1, 0.15) is 27.7 Å². The van der Waals surface area contributed by atoms with Crippen LogP contribution in [0.5, 0.6) is 0 Å². The molecule has 1 atom stereocenters. The van der Waals surface area contributed by atoms with Gasteiger partial charge in [0.25, 0.3) is 5.91 Å². The van der Waals surface area contributed by atoms with E-state index >= 15 is 0 Å². The van der Waals surface area contributed by atoms with Crippen molar-refractivity contribution < 1.29 is 13.9 Å². The van der Waals surface area contributed by atoms with Gasteiger partial charge in [-0.25, -0.2) is 4.39 Å². The first-order valence-electron chi connectivity index (χ1n) is 9.14. The molecule has 1 fully saturated rings. The van der Waals surface area contributed by atoms with E-state index < -0.39 is 11.7 Å². The van der Waals surface area contributed by atoms with E-state index in [-0.39, 0.29) is 41.0 Å². The standard InChI is InChI=1S/C21H18FN5O2.ClH/c22-20-14(11-23)2-1-3-16(20)17-10-18(27-26-17)21(28)25-15-6-4-13(5-7-15)19-12-24-8-9-29-19;/h1-7,10,19,24H,8-9,12H2,(H,25,28)(H,26,27);1H/t19-;/m1./s1. The molecule has 0 spiro atoms. The largest absolute Gasteiger partial charge is 0.371 e. The molecule has 1 aliphatic rings. The lowest BCUT2D eigenvalue weighted by Crippen LogP contribution is -2.33. The molecule has 0 aliphatic carbocycles. The van der Waals surface area contributed by atoms with Crippen molar-refractivity contribution in [2.45, 2.75) is 6.10 Å². The molecular weight excluding hydrogens is 409 g/mol. The van der Waals surface area contributed by atoms with Gasteiger partial charge in [0.15, 0.2) is 0 Å². The van der Waals surface area contributed by atoms with Crippen LogP contribution in [0.4, 0.5) is 10.1 Å². The fourth-order valence-electron chi connectivity index (χ4n) is 3.15. The third kappa shape index (κ3) is 4.49. The fourth-order valence-corrected chi connectivity index (χ4v) is 3.15. The van der Waals surface area contributed by atoms with Crippen LogP contribution in [-0.2, 0) is 4.74 Å². The van der Waals surface area contributed by atoms with Gasteiger partial charge in [0.05, 0.1) is 24.0 Å². The molecule has 3 N–H and O–H groups in total. The highest BCUT2D eigenvalue weighted by Gasteiger charge is 2.17. The molecule has 154 valence electrons. The number of morpholine rings is 1. The summed E-state index contributed by atoms with van der Waals surface area (Å²) in [5.41, 5.74) is 2.18. The number of benzene rings is 2. The second-order valence-electron chi connectivity index (χ2n) is 6.59. The molecule has 2 aromatic carbocycles. The minimum absolute atomic E-state index is 0. The van der Waals surface area contributed by atoms with Crippen LogP contribution in [0.2, 0.25) is 0 Å². The SMILES string of the molecule is Cl.N#Cc1cccc(-c2cc(C(=O)Nc3ccc([C@H]4CNCCO4)cc3)[nH]n2)c1F. The average Bonchev–Trinajstić information content (AvgIpc) is 3.25. The minimum Gasteiger partial charge on any atom is -0.371 e. The Morgan fingerprint density at radius 1 is 1.27 bits per heavy atom. The van der Waals surface area contributed by atoms with Crippen molar-refractivity contribution in [2.75, 3.05) is 25.0 Å². The Bertz CT molecular complexity index is 1070. The topological polar surface area (TPSA) is 103 Å². The number of carbonyl (C=O) groups is 1. The Labute approximate surface area is 178 Å². The highest BCUT2D eigenvalue weighted by atomic mass is 35.5. The highest BCUT2D eigenvalue weighted by molar-refractivity contribution is 6.03. The Morgan fingerprint density at radius 2 is 2.07 bits per heavy atom. The number of nitrogens with zero attached hydrogens (tertiary/aromatic N) is 2. The predicted octanol–water partition coefficient (Wildman–Crippen LogP) is 3.42. The lowest BCUT2D eigenvalue weighted by Gasteiger charge is -2.24. The van der Waals surface area contributed by atoms with Crippen molar-refractivity contribution in [3.63, 3.8) is 0 Å². The molecule has 1 aromatic heterocycles. The number of halogens is 2. The van der Waals surface area contributed by atoms with Crippen molar-refractivity contribution in [2.24, 2.45) is 0 Å². The van der Waals surface area contributed by atoms with Crippen LogP contribution in [-0.4, -0.2) is 35.8 Å². The molecule has 1 amide bonds. The summed E-state index contributed by atoms with van der Waals surface area (Å²) in [5.74, 6) is -1.06. The summed E-state index contributed by atoms with van der Waals surface area (Å²) in [6.45, 7) is 2.27. The quantitative estimate of drug-likeness (QED) is 0.592. The molecule has 1 aliphatic heterocycles. The van der Waals surface area contributed by atoms with Crippen LogP contribution < -0.4 is 10.6 Å². The summed E-state index contributed by atoms with van der Waals surface area (Å²) >= 11 is 0. The summed E-state index contributed by atoms with van der Waals surface area (Å²) < 4.78 is 20.0. The second-order valence-corrected chi connectivity index (χ2v) is 6.59. The number of amides is 1. The number of rotatable bonds is 4. The zero-order chi connectivity index (χ0) is 20.2. The number of nitriles is 1. The average molecular weight is 428 g/mol. The summed E-state index contributed by atoms with van der Waals surface area (Å²) in [7, 11) is 0. The number of H-pyrrole nitrogens is 1. The summed E-state index contributed by atoms with van der Waals surface area (Å²) in [5, 5.41) is 21.6. The number of hydrogen-bond acceptors (Lipinski definition) is 5. The van der Waals surface area contributed by atoms with E-state index in [9.17, 15) is 9.18 Å². The van der Waals surface area contributed by atoms with Crippen LogP contribution in [0.25, 0.3) is 11.3 Å². The smallest absolute Gasteiger partial charge is 0.273 e. The third-order valence-corrected chi connectivity index (χ3v) is 4.69. The number of nitrogens with one attached hydrogen (secondary N) is 3. The minimum atomic E-state index is -0.663. The van der Waals surface area contributed by atoms with Gasteiger partial charge < -0.3 is 15.4 Å². The Hall–Kier alpha value is -3.25. The molecule has 0 unspecified atom stereocenters. The molecular formula is C21H19ClFN5O2. The first-order chi connectivity index (χ1) is 14.2. The predicted molar refractivity (Wildman–Crippen MR) is 112 cm³/mol. The maximum Gasteiger partial charge on any atom is 0.273 e. The van der Waals surface area contributed by atoms with Crippen molar-refractivity contribution in [1.29, 1.82) is 5.26 Å². The molecule has 30 heavy (non-hydrogen) atoms. The Morgan fingerprint density at radius 3 is 2.77 bits per heavy atom. The summed E-state index contributed by atoms with van der Waals surface area (Å²) in [6.07, 6.45) is 0.00253. The Kier molecular flexibility index (Phi) is 6.79. The summed E-state index contributed by atoms with van der Waals surface area (Å²) in [6, 6.07) is 15.1. The molecule has 0 radical (unpaired) electrons. The van der Waals surface area contributed by atoms with Gasteiger partial charge in [-0.2, -0.15) is 10.4 Å². The van der Waals surface area contributed by atoms with Gasteiger partial charge in [-0.15, -0.1) is 12.4 Å². The Balaban J connectivity index is 0.00000256. The van der Waals surface area contributed by atoms with Gasteiger partial charge in [0.2, 0.25) is 0 Å². The van der Waals surface area contributed by atoms with Gasteiger partial charge >= 0.3 is 0 Å². The number of carbonyl (C=O) groups excluding carboxylic acids is 1. The zero-order valence-corrected chi connectivity index (χ0v) is 16.6. The second kappa shape index (κ2) is 9.50. The lowest BCUT2D eigenvalue weighted by molar-refractivity contribution is 0.0277. The van der Waals surface area contributed by atoms with E-state index in [0.717, 1.165) is 18.7 Å². The van der Waals surface area contributed by atoms with Gasteiger partial charge in [0, 0.05) is 24.3 Å². The van der Waals surface area contributed by atoms with Crippen molar-refractivity contribution >= 4 is 24.0 Å². The van der Waals surface area contributed by atoms with Crippen molar-refractivity contribution in [3.8, 4) is 17.3 Å². The number of anilines is 1. The monoisotopic (exact) mass is 427 g/mol. The van der Waals surface area contributed by atoms with Crippen molar-refractivity contribution in [1.82, 2.24) is 15.5 Å². The molecule has 3 aromatic rings. The maximum absolute atomic E-state index is 14.3. The number of ether oxygens (including phenoxy) is 1. The van der Waals surface area contributed by atoms with Crippen LogP contribution in [0.3, 0.4) is 0 Å². The normalized spacial score (nSPS) is 15.7. The molecule has 1 saturated heterocycles. The van der Waals surface area contributed by atoms with Crippen LogP contribution in [0, 0.1) is 17.1 Å². The van der Waals surface area contributed by atoms with Crippen molar-refractivity contribution in [3.05, 3.63) is 71.2 Å². The molecule has 2 heterocycles. The van der Waals surface area contributed by atoms with Gasteiger partial charge in [0.1, 0.15) is 17.6 Å². The maximum atomic E-state index is 14.3. The van der Waals surface area contributed by atoms with E-state index in [4.69, 9.17) is 10.00 Å². The summed E-state index contributed by atoms with van der Waals surface area (Å²) in [4.78, 5) is 12.5. The molecule has 7 nitrogen and oxygen atoms in total. The van der Waals surface area contributed by atoms with E-state index in [2.05, 4.69) is 20.8 Å². The number of aromatic nitrogens is 2. The molecule has 9 heteroatoms.